The molecular formula is C14H15ClN2O2. The van der Waals surface area contributed by atoms with Gasteiger partial charge in [0.2, 0.25) is 0 Å². The van der Waals surface area contributed by atoms with E-state index in [1.807, 2.05) is 24.3 Å². The zero-order valence-electron chi connectivity index (χ0n) is 10.2. The van der Waals surface area contributed by atoms with Gasteiger partial charge in [-0.25, -0.2) is 9.78 Å². The van der Waals surface area contributed by atoms with Crippen molar-refractivity contribution in [2.24, 2.45) is 0 Å². The number of nitrogens with two attached hydrogens (primary N) is 1. The number of carboxylic acid groups (broad SMARTS) is 1. The number of carboxylic acids is 1. The van der Waals surface area contributed by atoms with E-state index in [0.29, 0.717) is 24.2 Å². The number of benzene rings is 1. The lowest BCUT2D eigenvalue weighted by Gasteiger charge is -2.05. The Bertz CT molecular complexity index is 573. The molecule has 1 heterocycles. The van der Waals surface area contributed by atoms with Gasteiger partial charge in [-0.05, 0) is 36.6 Å². The highest BCUT2D eigenvalue weighted by atomic mass is 35.5. The molecule has 19 heavy (non-hydrogen) atoms. The van der Waals surface area contributed by atoms with Crippen LogP contribution in [0, 0.1) is 0 Å². The number of nitrogen functional groups attached to an aromatic ring is 1. The third-order valence-electron chi connectivity index (χ3n) is 2.73. The van der Waals surface area contributed by atoms with Crippen molar-refractivity contribution in [3.05, 3.63) is 59.3 Å². The summed E-state index contributed by atoms with van der Waals surface area (Å²) in [6, 6.07) is 12.5. The summed E-state index contributed by atoms with van der Waals surface area (Å²) in [4.78, 5) is 15.2. The molecule has 0 fully saturated rings. The molecule has 0 radical (unpaired) electrons. The molecule has 0 aliphatic heterocycles. The van der Waals surface area contributed by atoms with Crippen LogP contribution in [0.1, 0.15) is 21.6 Å². The molecule has 0 atom stereocenters. The molecule has 0 unspecified atom stereocenters. The normalized spacial score (nSPS) is 9.68. The molecule has 0 amide bonds. The Balaban J connectivity index is 0.00000180. The van der Waals surface area contributed by atoms with Gasteiger partial charge in [0.15, 0.2) is 0 Å². The van der Waals surface area contributed by atoms with Crippen LogP contribution in [0.2, 0.25) is 0 Å². The van der Waals surface area contributed by atoms with Crippen molar-refractivity contribution >= 4 is 24.2 Å². The predicted molar refractivity (Wildman–Crippen MR) is 76.7 cm³/mol. The lowest BCUT2D eigenvalue weighted by atomic mass is 10.0. The van der Waals surface area contributed by atoms with Crippen molar-refractivity contribution in [3.63, 3.8) is 0 Å². The molecule has 1 aromatic carbocycles. The van der Waals surface area contributed by atoms with Gasteiger partial charge in [-0.2, -0.15) is 0 Å². The molecule has 0 spiro atoms. The van der Waals surface area contributed by atoms with Crippen LogP contribution in [-0.2, 0) is 12.8 Å². The van der Waals surface area contributed by atoms with E-state index < -0.39 is 5.97 Å². The van der Waals surface area contributed by atoms with Gasteiger partial charge < -0.3 is 10.8 Å². The van der Waals surface area contributed by atoms with E-state index in [1.165, 1.54) is 0 Å². The molecule has 0 aliphatic rings. The number of aromatic nitrogens is 1. The third-order valence-corrected chi connectivity index (χ3v) is 2.73. The monoisotopic (exact) mass is 278 g/mol. The topological polar surface area (TPSA) is 76.2 Å². The van der Waals surface area contributed by atoms with E-state index in [-0.39, 0.29) is 12.4 Å². The third kappa shape index (κ3) is 3.96. The van der Waals surface area contributed by atoms with E-state index >= 15 is 0 Å². The number of hydrogen-bond donors (Lipinski definition) is 2. The van der Waals surface area contributed by atoms with Crippen LogP contribution in [0.25, 0.3) is 0 Å². The van der Waals surface area contributed by atoms with Crippen molar-refractivity contribution < 1.29 is 9.90 Å². The molecule has 5 heteroatoms. The van der Waals surface area contributed by atoms with Crippen LogP contribution in [0.5, 0.6) is 0 Å². The van der Waals surface area contributed by atoms with Crippen LogP contribution in [0.15, 0.2) is 42.5 Å². The molecule has 0 bridgehead atoms. The predicted octanol–water partition coefficient (Wildman–Crippen LogP) is 2.57. The number of nitrogens with zero attached hydrogens (tertiary/aromatic N) is 1. The van der Waals surface area contributed by atoms with Crippen LogP contribution in [0.3, 0.4) is 0 Å². The lowest BCUT2D eigenvalue weighted by molar-refractivity contribution is 0.0695. The van der Waals surface area contributed by atoms with Crippen molar-refractivity contribution in [1.82, 2.24) is 4.98 Å². The molecule has 1 aromatic heterocycles. The first-order chi connectivity index (χ1) is 8.66. The molecule has 4 nitrogen and oxygen atoms in total. The quantitative estimate of drug-likeness (QED) is 0.901. The molecule has 100 valence electrons. The number of carbonyl (C=O) groups is 1. The Hall–Kier alpha value is -2.07. The number of hydrogen-bond acceptors (Lipinski definition) is 3. The minimum Gasteiger partial charge on any atom is -0.478 e. The zero-order valence-corrected chi connectivity index (χ0v) is 11.1. The number of pyridine rings is 1. The number of aryl methyl sites for hydroxylation is 2. The second kappa shape index (κ2) is 6.75. The molecular weight excluding hydrogens is 264 g/mol. The summed E-state index contributed by atoms with van der Waals surface area (Å²) in [7, 11) is 0. The average Bonchev–Trinajstić information content (AvgIpc) is 2.37. The molecule has 0 saturated heterocycles. The van der Waals surface area contributed by atoms with Crippen LogP contribution < -0.4 is 5.73 Å². The summed E-state index contributed by atoms with van der Waals surface area (Å²) in [6.07, 6.45) is 1.31. The van der Waals surface area contributed by atoms with Gasteiger partial charge in [0.1, 0.15) is 5.82 Å². The van der Waals surface area contributed by atoms with Crippen molar-refractivity contribution in [1.29, 1.82) is 0 Å². The largest absolute Gasteiger partial charge is 0.478 e. The van der Waals surface area contributed by atoms with Gasteiger partial charge in [-0.1, -0.05) is 24.3 Å². The fourth-order valence-corrected chi connectivity index (χ4v) is 1.85. The minimum atomic E-state index is -0.897. The van der Waals surface area contributed by atoms with E-state index in [9.17, 15) is 4.79 Å². The highest BCUT2D eigenvalue weighted by Crippen LogP contribution is 2.12. The van der Waals surface area contributed by atoms with Crippen LogP contribution >= 0.6 is 12.4 Å². The second-order valence-electron chi connectivity index (χ2n) is 4.02. The van der Waals surface area contributed by atoms with E-state index in [4.69, 9.17) is 10.8 Å². The Morgan fingerprint density at radius 1 is 1.11 bits per heavy atom. The summed E-state index contributed by atoms with van der Waals surface area (Å²) in [5.74, 6) is -0.412. The Kier molecular flexibility index (Phi) is 5.33. The van der Waals surface area contributed by atoms with Gasteiger partial charge >= 0.3 is 5.97 Å². The highest BCUT2D eigenvalue weighted by molar-refractivity contribution is 5.89. The van der Waals surface area contributed by atoms with E-state index in [2.05, 4.69) is 4.98 Å². The van der Waals surface area contributed by atoms with Crippen LogP contribution in [-0.4, -0.2) is 16.1 Å². The first-order valence-corrected chi connectivity index (χ1v) is 5.69. The second-order valence-corrected chi connectivity index (χ2v) is 4.02. The van der Waals surface area contributed by atoms with E-state index in [1.54, 1.807) is 18.2 Å². The van der Waals surface area contributed by atoms with Crippen molar-refractivity contribution in [2.45, 2.75) is 12.8 Å². The summed E-state index contributed by atoms with van der Waals surface area (Å²) >= 11 is 0. The first kappa shape index (κ1) is 15.0. The molecule has 0 aliphatic carbocycles. The fraction of sp³-hybridized carbons (Fsp3) is 0.143. The van der Waals surface area contributed by atoms with Crippen LogP contribution in [0.4, 0.5) is 5.82 Å². The summed E-state index contributed by atoms with van der Waals surface area (Å²) in [5, 5.41) is 9.07. The standard InChI is InChI=1S/C14H14N2O2.ClH/c15-13-7-3-5-11(16-13)9-8-10-4-1-2-6-12(10)14(17)18;/h1-7H,8-9H2,(H2,15,16)(H,17,18);1H. The fourth-order valence-electron chi connectivity index (χ4n) is 1.85. The summed E-state index contributed by atoms with van der Waals surface area (Å²) in [6.45, 7) is 0. The van der Waals surface area contributed by atoms with Crippen molar-refractivity contribution in [3.8, 4) is 0 Å². The lowest BCUT2D eigenvalue weighted by Crippen LogP contribution is -2.04. The number of rotatable bonds is 4. The maximum Gasteiger partial charge on any atom is 0.335 e. The molecule has 3 N–H and O–H groups in total. The Morgan fingerprint density at radius 2 is 1.84 bits per heavy atom. The van der Waals surface area contributed by atoms with E-state index in [0.717, 1.165) is 11.3 Å². The maximum atomic E-state index is 11.1. The minimum absolute atomic E-state index is 0. The van der Waals surface area contributed by atoms with Gasteiger partial charge in [0.05, 0.1) is 5.56 Å². The molecule has 0 saturated carbocycles. The number of halogens is 1. The summed E-state index contributed by atoms with van der Waals surface area (Å²) in [5.41, 5.74) is 7.63. The smallest absolute Gasteiger partial charge is 0.335 e. The van der Waals surface area contributed by atoms with Crippen molar-refractivity contribution in [2.75, 3.05) is 5.73 Å². The average molecular weight is 279 g/mol. The van der Waals surface area contributed by atoms with Gasteiger partial charge in [0, 0.05) is 5.69 Å². The highest BCUT2D eigenvalue weighted by Gasteiger charge is 2.08. The Labute approximate surface area is 117 Å². The molecule has 2 aromatic rings. The van der Waals surface area contributed by atoms with Gasteiger partial charge in [0.25, 0.3) is 0 Å². The number of anilines is 1. The maximum absolute atomic E-state index is 11.1. The van der Waals surface area contributed by atoms with Gasteiger partial charge in [-0.3, -0.25) is 0 Å². The zero-order chi connectivity index (χ0) is 13.0. The summed E-state index contributed by atoms with van der Waals surface area (Å²) < 4.78 is 0. The SMILES string of the molecule is Cl.Nc1cccc(CCc2ccccc2C(=O)O)n1. The molecule has 2 rings (SSSR count). The number of aromatic carboxylic acids is 1. The Morgan fingerprint density at radius 3 is 2.53 bits per heavy atom. The van der Waals surface area contributed by atoms with Gasteiger partial charge in [-0.15, -0.1) is 12.4 Å². The first-order valence-electron chi connectivity index (χ1n) is 5.69.